The maximum absolute atomic E-state index is 5.84. The van der Waals surface area contributed by atoms with E-state index in [1.165, 1.54) is 0 Å². The molecule has 0 atom stereocenters. The summed E-state index contributed by atoms with van der Waals surface area (Å²) < 4.78 is 11.1. The lowest BCUT2D eigenvalue weighted by Crippen LogP contribution is -1.98. The van der Waals surface area contributed by atoms with Crippen LogP contribution in [0.25, 0.3) is 22.2 Å². The molecule has 0 fully saturated rings. The summed E-state index contributed by atoms with van der Waals surface area (Å²) in [4.78, 5) is 9.08. The van der Waals surface area contributed by atoms with Gasteiger partial charge in [0.1, 0.15) is 17.2 Å². The number of ether oxygens (including phenoxy) is 2. The number of fused-ring (bicyclic) bond motifs is 1. The smallest absolute Gasteiger partial charge is 0.161 e. The van der Waals surface area contributed by atoms with Crippen molar-refractivity contribution in [2.75, 3.05) is 12.5 Å². The molecule has 0 saturated carbocycles. The second kappa shape index (κ2) is 9.83. The molecule has 0 unspecified atom stereocenters. The van der Waals surface area contributed by atoms with E-state index in [1.54, 1.807) is 19.5 Å². The molecule has 0 bridgehead atoms. The highest BCUT2D eigenvalue weighted by atomic mass is 16.5. The Hall–Kier alpha value is -4.71. The number of hydrogen-bond donors (Lipinski definition) is 1. The van der Waals surface area contributed by atoms with Crippen molar-refractivity contribution < 1.29 is 9.47 Å². The molecule has 6 nitrogen and oxygen atoms in total. The van der Waals surface area contributed by atoms with Gasteiger partial charge in [-0.2, -0.15) is 5.10 Å². The lowest BCUT2D eigenvalue weighted by molar-refractivity contribution is 0.415. The predicted molar refractivity (Wildman–Crippen MR) is 136 cm³/mol. The van der Waals surface area contributed by atoms with Crippen LogP contribution in [0.4, 0.5) is 5.82 Å². The lowest BCUT2D eigenvalue weighted by atomic mass is 10.0. The van der Waals surface area contributed by atoms with Crippen LogP contribution in [-0.4, -0.2) is 23.3 Å². The van der Waals surface area contributed by atoms with Gasteiger partial charge < -0.3 is 9.47 Å². The molecule has 2 heterocycles. The average molecular weight is 447 g/mol. The highest BCUT2D eigenvalue weighted by molar-refractivity contribution is 5.88. The van der Waals surface area contributed by atoms with Crippen LogP contribution in [0, 0.1) is 0 Å². The number of para-hydroxylation sites is 1. The third-order valence-electron chi connectivity index (χ3n) is 5.23. The first-order valence-electron chi connectivity index (χ1n) is 10.8. The van der Waals surface area contributed by atoms with E-state index in [-0.39, 0.29) is 0 Å². The Kier molecular flexibility index (Phi) is 6.12. The van der Waals surface area contributed by atoms with Crippen molar-refractivity contribution in [2.24, 2.45) is 5.10 Å². The first-order valence-corrected chi connectivity index (χ1v) is 10.8. The highest BCUT2D eigenvalue weighted by Crippen LogP contribution is 2.31. The minimum Gasteiger partial charge on any atom is -0.497 e. The van der Waals surface area contributed by atoms with Gasteiger partial charge in [-0.05, 0) is 77.9 Å². The number of rotatable bonds is 7. The SMILES string of the molecule is COc1ccc(-c2cc3cccnc3nc2N/N=C/c2ccc(Oc3ccccc3)cc2)cc1. The molecule has 0 radical (unpaired) electrons. The maximum Gasteiger partial charge on any atom is 0.161 e. The summed E-state index contributed by atoms with van der Waals surface area (Å²) in [7, 11) is 1.65. The molecule has 0 amide bonds. The Morgan fingerprint density at radius 2 is 1.53 bits per heavy atom. The molecule has 6 heteroatoms. The third-order valence-corrected chi connectivity index (χ3v) is 5.23. The van der Waals surface area contributed by atoms with Crippen molar-refractivity contribution >= 4 is 23.1 Å². The number of benzene rings is 3. The van der Waals surface area contributed by atoms with Crippen molar-refractivity contribution in [3.63, 3.8) is 0 Å². The average Bonchev–Trinajstić information content (AvgIpc) is 2.90. The van der Waals surface area contributed by atoms with E-state index in [0.717, 1.165) is 39.3 Å². The zero-order valence-electron chi connectivity index (χ0n) is 18.6. The Morgan fingerprint density at radius 3 is 2.29 bits per heavy atom. The molecule has 0 spiro atoms. The zero-order chi connectivity index (χ0) is 23.2. The van der Waals surface area contributed by atoms with Gasteiger partial charge in [0.15, 0.2) is 11.5 Å². The van der Waals surface area contributed by atoms with Gasteiger partial charge in [0, 0.05) is 17.1 Å². The number of pyridine rings is 2. The molecule has 2 aromatic heterocycles. The maximum atomic E-state index is 5.84. The number of nitrogens with one attached hydrogen (secondary N) is 1. The van der Waals surface area contributed by atoms with E-state index in [0.29, 0.717) is 11.5 Å². The number of hydrogen-bond acceptors (Lipinski definition) is 6. The number of aromatic nitrogens is 2. The minimum absolute atomic E-state index is 0.622. The fourth-order valence-electron chi connectivity index (χ4n) is 3.50. The number of anilines is 1. The van der Waals surface area contributed by atoms with E-state index in [2.05, 4.69) is 21.6 Å². The van der Waals surface area contributed by atoms with Gasteiger partial charge in [-0.15, -0.1) is 0 Å². The van der Waals surface area contributed by atoms with Crippen LogP contribution < -0.4 is 14.9 Å². The summed E-state index contributed by atoms with van der Waals surface area (Å²) in [6.45, 7) is 0. The van der Waals surface area contributed by atoms with Crippen LogP contribution in [0.15, 0.2) is 108 Å². The van der Waals surface area contributed by atoms with Gasteiger partial charge in [0.25, 0.3) is 0 Å². The van der Waals surface area contributed by atoms with Gasteiger partial charge in [-0.3, -0.25) is 5.43 Å². The summed E-state index contributed by atoms with van der Waals surface area (Å²) in [5, 5.41) is 5.38. The van der Waals surface area contributed by atoms with Crippen molar-refractivity contribution in [3.05, 3.63) is 109 Å². The van der Waals surface area contributed by atoms with E-state index in [9.17, 15) is 0 Å². The van der Waals surface area contributed by atoms with Gasteiger partial charge in [-0.25, -0.2) is 9.97 Å². The van der Waals surface area contributed by atoms with Crippen LogP contribution >= 0.6 is 0 Å². The molecule has 3 aromatic carbocycles. The van der Waals surface area contributed by atoms with E-state index >= 15 is 0 Å². The van der Waals surface area contributed by atoms with Gasteiger partial charge >= 0.3 is 0 Å². The van der Waals surface area contributed by atoms with Crippen LogP contribution in [0.3, 0.4) is 0 Å². The molecule has 0 saturated heterocycles. The van der Waals surface area contributed by atoms with Gasteiger partial charge in [0.05, 0.1) is 13.3 Å². The summed E-state index contributed by atoms with van der Waals surface area (Å²) in [5.74, 6) is 2.98. The van der Waals surface area contributed by atoms with E-state index in [4.69, 9.17) is 14.5 Å². The Labute approximate surface area is 197 Å². The quantitative estimate of drug-likeness (QED) is 0.227. The predicted octanol–water partition coefficient (Wildman–Crippen LogP) is 6.54. The largest absolute Gasteiger partial charge is 0.497 e. The van der Waals surface area contributed by atoms with Crippen LogP contribution in [0.1, 0.15) is 5.56 Å². The Morgan fingerprint density at radius 1 is 0.794 bits per heavy atom. The van der Waals surface area contributed by atoms with E-state index in [1.807, 2.05) is 91.0 Å². The van der Waals surface area contributed by atoms with Crippen LogP contribution in [0.5, 0.6) is 17.2 Å². The molecule has 5 aromatic rings. The molecule has 0 aliphatic rings. The molecule has 5 rings (SSSR count). The molecule has 1 N–H and O–H groups in total. The van der Waals surface area contributed by atoms with Crippen molar-refractivity contribution in [1.29, 1.82) is 0 Å². The lowest BCUT2D eigenvalue weighted by Gasteiger charge is -2.10. The molecular weight excluding hydrogens is 424 g/mol. The molecular formula is C28H22N4O2. The second-order valence-electron chi connectivity index (χ2n) is 7.52. The number of hydrazone groups is 1. The molecule has 0 aliphatic carbocycles. The number of methoxy groups -OCH3 is 1. The van der Waals surface area contributed by atoms with Crippen LogP contribution in [-0.2, 0) is 0 Å². The van der Waals surface area contributed by atoms with Gasteiger partial charge in [-0.1, -0.05) is 30.3 Å². The fourth-order valence-corrected chi connectivity index (χ4v) is 3.50. The monoisotopic (exact) mass is 446 g/mol. The van der Waals surface area contributed by atoms with Gasteiger partial charge in [0.2, 0.25) is 0 Å². The van der Waals surface area contributed by atoms with Crippen molar-refractivity contribution in [2.45, 2.75) is 0 Å². The third kappa shape index (κ3) is 4.86. The molecule has 0 aliphatic heterocycles. The molecule has 166 valence electrons. The topological polar surface area (TPSA) is 68.6 Å². The van der Waals surface area contributed by atoms with Crippen molar-refractivity contribution in [3.8, 4) is 28.4 Å². The summed E-state index contributed by atoms with van der Waals surface area (Å²) in [6.07, 6.45) is 3.48. The van der Waals surface area contributed by atoms with E-state index < -0.39 is 0 Å². The first-order chi connectivity index (χ1) is 16.8. The Balaban J connectivity index is 1.37. The first kappa shape index (κ1) is 21.2. The standard InChI is InChI=1S/C28H22N4O2/c1-33-23-15-11-21(12-16-23)26-18-22-6-5-17-29-27(22)31-28(26)32-30-19-20-9-13-25(14-10-20)34-24-7-3-2-4-8-24/h2-19H,1H3,(H,29,31,32)/b30-19+. The summed E-state index contributed by atoms with van der Waals surface area (Å²) >= 11 is 0. The molecule has 34 heavy (non-hydrogen) atoms. The Bertz CT molecular complexity index is 1420. The highest BCUT2D eigenvalue weighted by Gasteiger charge is 2.10. The minimum atomic E-state index is 0.622. The van der Waals surface area contributed by atoms with Crippen molar-refractivity contribution in [1.82, 2.24) is 9.97 Å². The fraction of sp³-hybridized carbons (Fsp3) is 0.0357. The normalized spacial score (nSPS) is 11.0. The second-order valence-corrected chi connectivity index (χ2v) is 7.52. The summed E-state index contributed by atoms with van der Waals surface area (Å²) in [5.41, 5.74) is 6.59. The van der Waals surface area contributed by atoms with Crippen LogP contribution in [0.2, 0.25) is 0 Å². The zero-order valence-corrected chi connectivity index (χ0v) is 18.6. The summed E-state index contributed by atoms with van der Waals surface area (Å²) in [6, 6.07) is 31.2. The number of nitrogens with zero attached hydrogens (tertiary/aromatic N) is 3.